The molecule has 114 valence electrons. The molecule has 3 heterocycles. The number of aromatic hydroxyl groups is 1. The molecular weight excluding hydrogens is 280 g/mol. The van der Waals surface area contributed by atoms with Crippen molar-refractivity contribution < 1.29 is 29.4 Å². The lowest BCUT2D eigenvalue weighted by molar-refractivity contribution is -0.646. The molecule has 0 unspecified atom stereocenters. The van der Waals surface area contributed by atoms with E-state index in [0.717, 1.165) is 0 Å². The average molecular weight is 297 g/mol. The topological polar surface area (TPSA) is 114 Å². The van der Waals surface area contributed by atoms with E-state index >= 15 is 0 Å². The number of nitrogens with zero attached hydrogens (tertiary/aromatic N) is 4. The lowest BCUT2D eigenvalue weighted by atomic mass is 10.1. The van der Waals surface area contributed by atoms with E-state index < -0.39 is 24.5 Å². The molecule has 0 radical (unpaired) electrons. The predicted molar refractivity (Wildman–Crippen MR) is 68.2 cm³/mol. The van der Waals surface area contributed by atoms with Crippen molar-refractivity contribution in [1.82, 2.24) is 14.5 Å². The highest BCUT2D eigenvalue weighted by atomic mass is 16.6. The first-order valence-corrected chi connectivity index (χ1v) is 6.45. The van der Waals surface area contributed by atoms with Crippen LogP contribution in [-0.4, -0.2) is 61.9 Å². The van der Waals surface area contributed by atoms with Crippen LogP contribution in [0.25, 0.3) is 11.2 Å². The molecule has 1 fully saturated rings. The van der Waals surface area contributed by atoms with Crippen LogP contribution in [0, 0.1) is 0 Å². The fraction of sp³-hybridized carbons (Fsp3) is 0.583. The molecule has 9 nitrogen and oxygen atoms in total. The summed E-state index contributed by atoms with van der Waals surface area (Å²) in [5, 5.41) is 29.2. The molecule has 2 aromatic heterocycles. The first kappa shape index (κ1) is 14.1. The molecule has 9 heteroatoms. The van der Waals surface area contributed by atoms with Crippen molar-refractivity contribution in [1.29, 1.82) is 0 Å². The molecule has 21 heavy (non-hydrogen) atoms. The molecule has 0 aliphatic carbocycles. The number of methoxy groups -OCH3 is 1. The highest BCUT2D eigenvalue weighted by Crippen LogP contribution is 2.33. The maximum absolute atomic E-state index is 10.1. The smallest absolute Gasteiger partial charge is 0.278 e. The van der Waals surface area contributed by atoms with E-state index in [1.807, 2.05) is 0 Å². The van der Waals surface area contributed by atoms with Crippen molar-refractivity contribution in [3.05, 3.63) is 12.7 Å². The van der Waals surface area contributed by atoms with Gasteiger partial charge in [-0.3, -0.25) is 0 Å². The zero-order valence-electron chi connectivity index (χ0n) is 11.6. The van der Waals surface area contributed by atoms with Crippen molar-refractivity contribution in [2.24, 2.45) is 7.05 Å². The van der Waals surface area contributed by atoms with Crippen molar-refractivity contribution in [3.63, 3.8) is 0 Å². The standard InChI is InChI=1S/C12H16N4O5/c1-15-5-16(10-7(15)11(19)14-4-13-10)12-9(20-2)8(18)6(3-17)21-12/h4-6,8-9,12,17-18H,3H2,1-2H3/p+1/t6-,8-,9-,12-/m1/s1. The van der Waals surface area contributed by atoms with Crippen LogP contribution in [0.5, 0.6) is 5.88 Å². The van der Waals surface area contributed by atoms with Gasteiger partial charge < -0.3 is 24.8 Å². The third-order valence-corrected chi connectivity index (χ3v) is 3.72. The molecule has 3 rings (SSSR count). The number of rotatable bonds is 3. The molecule has 1 aliphatic heterocycles. The number of imidazole rings is 1. The summed E-state index contributed by atoms with van der Waals surface area (Å²) in [5.41, 5.74) is 0.890. The van der Waals surface area contributed by atoms with Crippen LogP contribution in [-0.2, 0) is 16.5 Å². The maximum atomic E-state index is 10.1. The van der Waals surface area contributed by atoms with Crippen LogP contribution in [0.4, 0.5) is 0 Å². The van der Waals surface area contributed by atoms with E-state index in [1.54, 1.807) is 22.5 Å². The summed E-state index contributed by atoms with van der Waals surface area (Å²) in [5.74, 6) is -0.146. The summed E-state index contributed by atoms with van der Waals surface area (Å²) >= 11 is 0. The summed E-state index contributed by atoms with van der Waals surface area (Å²) in [6, 6.07) is 0. The van der Waals surface area contributed by atoms with E-state index in [2.05, 4.69) is 9.97 Å². The summed E-state index contributed by atoms with van der Waals surface area (Å²) < 4.78 is 14.2. The zero-order chi connectivity index (χ0) is 15.1. The van der Waals surface area contributed by atoms with Crippen molar-refractivity contribution in [2.75, 3.05) is 13.7 Å². The van der Waals surface area contributed by atoms with E-state index in [4.69, 9.17) is 9.47 Å². The molecule has 3 N–H and O–H groups in total. The monoisotopic (exact) mass is 297 g/mol. The zero-order valence-corrected chi connectivity index (χ0v) is 11.6. The van der Waals surface area contributed by atoms with Gasteiger partial charge in [0, 0.05) is 7.11 Å². The highest BCUT2D eigenvalue weighted by molar-refractivity contribution is 5.71. The Balaban J connectivity index is 2.10. The molecule has 0 amide bonds. The van der Waals surface area contributed by atoms with Gasteiger partial charge in [0.05, 0.1) is 13.7 Å². The van der Waals surface area contributed by atoms with Gasteiger partial charge in [-0.1, -0.05) is 0 Å². The van der Waals surface area contributed by atoms with Crippen LogP contribution in [0.1, 0.15) is 6.23 Å². The molecule has 0 aromatic carbocycles. The molecule has 1 saturated heterocycles. The van der Waals surface area contributed by atoms with E-state index in [1.165, 1.54) is 13.4 Å². The Kier molecular flexibility index (Phi) is 3.49. The highest BCUT2D eigenvalue weighted by Gasteiger charge is 2.48. The first-order valence-electron chi connectivity index (χ1n) is 6.45. The molecule has 1 aliphatic rings. The molecule has 0 bridgehead atoms. The minimum absolute atomic E-state index is 0.146. The van der Waals surface area contributed by atoms with Crippen LogP contribution in [0.3, 0.4) is 0 Å². The first-order chi connectivity index (χ1) is 10.1. The van der Waals surface area contributed by atoms with E-state index in [0.29, 0.717) is 11.2 Å². The molecule has 4 atom stereocenters. The Morgan fingerprint density at radius 2 is 2.24 bits per heavy atom. The Morgan fingerprint density at radius 3 is 2.90 bits per heavy atom. The summed E-state index contributed by atoms with van der Waals surface area (Å²) in [4.78, 5) is 7.89. The second kappa shape index (κ2) is 5.19. The SMILES string of the molecule is CO[C@@H]1[C@H](O)[C@@H](CO)O[C@H]1n1c[n+](C)c2c(O)ncnc21. The van der Waals surface area contributed by atoms with Gasteiger partial charge in [-0.2, -0.15) is 14.5 Å². The summed E-state index contributed by atoms with van der Waals surface area (Å²) in [6.45, 7) is -0.316. The average Bonchev–Trinajstić information content (AvgIpc) is 2.97. The molecule has 0 spiro atoms. The number of ether oxygens (including phenoxy) is 2. The minimum atomic E-state index is -0.955. The Labute approximate surface area is 120 Å². The summed E-state index contributed by atoms with van der Waals surface area (Å²) in [6.07, 6.45) is -0.107. The second-order valence-corrected chi connectivity index (χ2v) is 4.94. The third kappa shape index (κ3) is 2.05. The van der Waals surface area contributed by atoms with Gasteiger partial charge in [0.1, 0.15) is 18.5 Å². The number of aryl methyl sites for hydroxylation is 1. The van der Waals surface area contributed by atoms with E-state index in [-0.39, 0.29) is 12.5 Å². The van der Waals surface area contributed by atoms with Gasteiger partial charge in [0.15, 0.2) is 6.10 Å². The van der Waals surface area contributed by atoms with Crippen molar-refractivity contribution in [2.45, 2.75) is 24.5 Å². The normalized spacial score (nSPS) is 29.3. The van der Waals surface area contributed by atoms with Crippen molar-refractivity contribution in [3.8, 4) is 5.88 Å². The molecule has 2 aromatic rings. The fourth-order valence-electron chi connectivity index (χ4n) is 2.70. The Morgan fingerprint density at radius 1 is 1.48 bits per heavy atom. The number of fused-ring (bicyclic) bond motifs is 1. The molecular formula is C12H17N4O5+. The predicted octanol–water partition coefficient (Wildman–Crippen LogP) is -1.77. The van der Waals surface area contributed by atoms with Gasteiger partial charge in [0.25, 0.3) is 17.0 Å². The summed E-state index contributed by atoms with van der Waals surface area (Å²) in [7, 11) is 3.20. The Hall–Kier alpha value is -1.81. The van der Waals surface area contributed by atoms with Crippen LogP contribution >= 0.6 is 0 Å². The minimum Gasteiger partial charge on any atom is -0.490 e. The largest absolute Gasteiger partial charge is 0.490 e. The third-order valence-electron chi connectivity index (χ3n) is 3.72. The number of aliphatic hydroxyl groups is 2. The van der Waals surface area contributed by atoms with Crippen LogP contribution in [0.15, 0.2) is 12.7 Å². The van der Waals surface area contributed by atoms with Gasteiger partial charge >= 0.3 is 0 Å². The maximum Gasteiger partial charge on any atom is 0.278 e. The number of aliphatic hydroxyl groups excluding tert-OH is 2. The van der Waals surface area contributed by atoms with Gasteiger partial charge in [-0.15, -0.1) is 0 Å². The van der Waals surface area contributed by atoms with E-state index in [9.17, 15) is 15.3 Å². The Bertz CT molecular complexity index is 660. The lowest BCUT2D eigenvalue weighted by Crippen LogP contribution is -2.35. The quantitative estimate of drug-likeness (QED) is 0.574. The van der Waals surface area contributed by atoms with Crippen LogP contribution in [0.2, 0.25) is 0 Å². The number of aromatic nitrogens is 4. The lowest BCUT2D eigenvalue weighted by Gasteiger charge is -2.15. The van der Waals surface area contributed by atoms with Crippen molar-refractivity contribution >= 4 is 11.2 Å². The van der Waals surface area contributed by atoms with Gasteiger partial charge in [-0.25, -0.2) is 4.57 Å². The second-order valence-electron chi connectivity index (χ2n) is 4.94. The number of hydrogen-bond acceptors (Lipinski definition) is 7. The van der Waals surface area contributed by atoms with Gasteiger partial charge in [-0.05, 0) is 0 Å². The van der Waals surface area contributed by atoms with Crippen LogP contribution < -0.4 is 4.57 Å². The number of hydrogen-bond donors (Lipinski definition) is 3. The van der Waals surface area contributed by atoms with Gasteiger partial charge in [0.2, 0.25) is 12.6 Å². The molecule has 0 saturated carbocycles. The fourth-order valence-corrected chi connectivity index (χ4v) is 2.70.